The van der Waals surface area contributed by atoms with Crippen LogP contribution in [0.3, 0.4) is 0 Å². The lowest BCUT2D eigenvalue weighted by atomic mass is 9.96. The lowest BCUT2D eigenvalue weighted by Crippen LogP contribution is -2.57. The van der Waals surface area contributed by atoms with E-state index in [2.05, 4.69) is 22.1 Å². The zero-order valence-electron chi connectivity index (χ0n) is 38.2. The van der Waals surface area contributed by atoms with Gasteiger partial charge in [0.2, 0.25) is 5.54 Å². The minimum atomic E-state index is -2.41. The van der Waals surface area contributed by atoms with Crippen LogP contribution in [0.4, 0.5) is 13.6 Å². The van der Waals surface area contributed by atoms with E-state index in [1.54, 1.807) is 69.4 Å². The Morgan fingerprint density at radius 2 is 1.49 bits per heavy atom. The highest BCUT2D eigenvalue weighted by molar-refractivity contribution is 6.10. The molecule has 5 rings (SSSR count). The maximum Gasteiger partial charge on any atom is 0.334 e. The number of halogens is 2. The zero-order valence-corrected chi connectivity index (χ0v) is 38.2. The van der Waals surface area contributed by atoms with Gasteiger partial charge in [0.25, 0.3) is 11.8 Å². The van der Waals surface area contributed by atoms with Crippen LogP contribution in [0, 0.1) is 45.1 Å². The number of esters is 3. The Bertz CT molecular complexity index is 2560. The zero-order chi connectivity index (χ0) is 48.4. The van der Waals surface area contributed by atoms with Crippen molar-refractivity contribution < 1.29 is 56.5 Å². The first kappa shape index (κ1) is 48.9. The maximum absolute atomic E-state index is 16.5. The first-order valence-corrected chi connectivity index (χ1v) is 20.4. The number of aromatic nitrogens is 1. The molecule has 1 aromatic heterocycles. The molecule has 0 saturated carbocycles. The first-order valence-electron chi connectivity index (χ1n) is 20.4. The van der Waals surface area contributed by atoms with Gasteiger partial charge >= 0.3 is 23.9 Å². The van der Waals surface area contributed by atoms with Crippen molar-refractivity contribution in [3.8, 4) is 34.6 Å². The molecule has 16 nitrogen and oxygen atoms in total. The number of methoxy groups -OCH3 is 1. The van der Waals surface area contributed by atoms with Gasteiger partial charge in [0.05, 0.1) is 41.2 Å². The standard InChI is InChI=1S/C47H52F2N6O10/c1-44(2,3)40(58)63-25-54-39(57)47(55(43(54)61)26-64-41(59)45(4,5)6,24-53-23-28-13-16-33(62-11)36(49)35(28)38(53)56)19-18-27-12-14-30(31(48)20-27)37-34(65-42(60)46(7,8)9)17-15-32(52-37)29(21-50)22-51-10/h12-17,20-22,50-51H,23-26H2,1-11H3/b29-22+,50-21?/t47-/m1/s1. The number of carbonyl (C=O) groups is 6. The van der Waals surface area contributed by atoms with Gasteiger partial charge in [0.1, 0.15) is 11.5 Å². The van der Waals surface area contributed by atoms with Gasteiger partial charge in [0, 0.05) is 42.7 Å². The van der Waals surface area contributed by atoms with E-state index in [-0.39, 0.29) is 51.7 Å². The summed E-state index contributed by atoms with van der Waals surface area (Å²) < 4.78 is 53.7. The van der Waals surface area contributed by atoms with Crippen molar-refractivity contribution in [1.82, 2.24) is 25.0 Å². The van der Waals surface area contributed by atoms with E-state index in [9.17, 15) is 28.8 Å². The number of fused-ring (bicyclic) bond motifs is 1. The second-order valence-electron chi connectivity index (χ2n) is 18.4. The first-order chi connectivity index (χ1) is 30.3. The van der Waals surface area contributed by atoms with Crippen LogP contribution in [0.5, 0.6) is 11.5 Å². The minimum Gasteiger partial charge on any atom is -0.494 e. The molecule has 2 aromatic carbocycles. The van der Waals surface area contributed by atoms with E-state index in [1.165, 1.54) is 49.7 Å². The third-order valence-electron chi connectivity index (χ3n) is 10.2. The van der Waals surface area contributed by atoms with Crippen LogP contribution < -0.4 is 14.8 Å². The fourth-order valence-electron chi connectivity index (χ4n) is 6.40. The molecule has 1 saturated heterocycles. The number of ether oxygens (including phenoxy) is 4. The Morgan fingerprint density at radius 1 is 0.877 bits per heavy atom. The van der Waals surface area contributed by atoms with Gasteiger partial charge in [-0.05, 0) is 104 Å². The van der Waals surface area contributed by atoms with Gasteiger partial charge in [-0.2, -0.15) is 0 Å². The molecule has 0 spiro atoms. The molecule has 2 aliphatic rings. The molecule has 0 unspecified atom stereocenters. The number of hydrogen-bond acceptors (Lipinski definition) is 13. The van der Waals surface area contributed by atoms with Crippen LogP contribution in [0.1, 0.15) is 89.5 Å². The lowest BCUT2D eigenvalue weighted by molar-refractivity contribution is -0.160. The molecular formula is C47H52F2N6O10. The summed E-state index contributed by atoms with van der Waals surface area (Å²) in [6, 6.07) is 8.32. The fourth-order valence-corrected chi connectivity index (χ4v) is 6.40. The Labute approximate surface area is 375 Å². The number of amides is 4. The van der Waals surface area contributed by atoms with Crippen molar-refractivity contribution in [1.29, 1.82) is 5.41 Å². The summed E-state index contributed by atoms with van der Waals surface area (Å²) >= 11 is 0. The molecule has 1 atom stereocenters. The second kappa shape index (κ2) is 18.5. The molecule has 0 aliphatic carbocycles. The molecule has 0 radical (unpaired) electrons. The highest BCUT2D eigenvalue weighted by Gasteiger charge is 2.59. The number of nitrogens with zero attached hydrogens (tertiary/aromatic N) is 4. The van der Waals surface area contributed by atoms with Gasteiger partial charge in [-0.25, -0.2) is 23.5 Å². The van der Waals surface area contributed by atoms with Crippen molar-refractivity contribution in [2.45, 2.75) is 74.4 Å². The van der Waals surface area contributed by atoms with Crippen molar-refractivity contribution in [2.24, 2.45) is 16.2 Å². The summed E-state index contributed by atoms with van der Waals surface area (Å²) in [7, 11) is 2.85. The Balaban J connectivity index is 1.67. The smallest absolute Gasteiger partial charge is 0.334 e. The number of benzene rings is 2. The number of urea groups is 1. The topological polar surface area (TPSA) is 198 Å². The van der Waals surface area contributed by atoms with Crippen LogP contribution in [-0.4, -0.2) is 101 Å². The number of allylic oxidation sites excluding steroid dienone is 1. The lowest BCUT2D eigenvalue weighted by Gasteiger charge is -2.34. The maximum atomic E-state index is 16.5. The average Bonchev–Trinajstić information content (AvgIpc) is 3.64. The largest absolute Gasteiger partial charge is 0.494 e. The summed E-state index contributed by atoms with van der Waals surface area (Å²) in [5, 5.41) is 10.7. The predicted octanol–water partition coefficient (Wildman–Crippen LogP) is 6.30. The Kier molecular flexibility index (Phi) is 13.9. The number of hydrogen-bond donors (Lipinski definition) is 2. The molecule has 3 aromatic rings. The number of rotatable bonds is 12. The third kappa shape index (κ3) is 10.1. The number of pyridine rings is 1. The highest BCUT2D eigenvalue weighted by Crippen LogP contribution is 2.37. The molecular weight excluding hydrogens is 847 g/mol. The molecule has 65 heavy (non-hydrogen) atoms. The summed E-state index contributed by atoms with van der Waals surface area (Å²) in [5.74, 6) is -0.734. The van der Waals surface area contributed by atoms with Crippen LogP contribution in [0.2, 0.25) is 0 Å². The molecule has 344 valence electrons. The van der Waals surface area contributed by atoms with Gasteiger partial charge in [-0.3, -0.25) is 28.9 Å². The molecule has 2 N–H and O–H groups in total. The second-order valence-corrected chi connectivity index (χ2v) is 18.4. The van der Waals surface area contributed by atoms with E-state index < -0.39 is 89.2 Å². The third-order valence-corrected chi connectivity index (χ3v) is 10.2. The summed E-state index contributed by atoms with van der Waals surface area (Å²) in [5.41, 5.74) is -5.26. The normalized spacial score (nSPS) is 16.5. The van der Waals surface area contributed by atoms with Crippen molar-refractivity contribution >= 4 is 47.5 Å². The van der Waals surface area contributed by atoms with E-state index in [1.807, 2.05) is 0 Å². The molecule has 4 amide bonds. The van der Waals surface area contributed by atoms with Gasteiger partial charge in [-0.1, -0.05) is 17.9 Å². The van der Waals surface area contributed by atoms with E-state index in [0.717, 1.165) is 22.1 Å². The van der Waals surface area contributed by atoms with E-state index >= 15 is 8.78 Å². The fraction of sp³-hybridized carbons (Fsp3) is 0.404. The van der Waals surface area contributed by atoms with Crippen LogP contribution >= 0.6 is 0 Å². The van der Waals surface area contributed by atoms with Crippen molar-refractivity contribution in [3.63, 3.8) is 0 Å². The SMILES string of the molecule is CN/C=C(\C=N)c1ccc(OC(=O)C(C)(C)C)c(-c2ccc(C#C[C@@]3(CN4Cc5ccc(OC)c(F)c5C4=O)C(=O)N(COC(=O)C(C)(C)C)C(=O)N3COC(=O)C(C)(C)C)cc2F)n1. The number of carbonyl (C=O) groups excluding carboxylic acids is 6. The summed E-state index contributed by atoms with van der Waals surface area (Å²) in [6.45, 7) is 11.6. The minimum absolute atomic E-state index is 0.0541. The summed E-state index contributed by atoms with van der Waals surface area (Å²) in [4.78, 5) is 89.1. The van der Waals surface area contributed by atoms with Gasteiger partial charge < -0.3 is 34.6 Å². The monoisotopic (exact) mass is 898 g/mol. The van der Waals surface area contributed by atoms with Crippen molar-refractivity contribution in [2.75, 3.05) is 34.2 Å². The molecule has 0 bridgehead atoms. The quantitative estimate of drug-likeness (QED) is 0.0892. The Morgan fingerprint density at radius 3 is 2.06 bits per heavy atom. The summed E-state index contributed by atoms with van der Waals surface area (Å²) in [6.07, 6.45) is 2.54. The van der Waals surface area contributed by atoms with Crippen LogP contribution in [0.15, 0.2) is 48.7 Å². The molecule has 3 heterocycles. The highest BCUT2D eigenvalue weighted by atomic mass is 19.1. The number of nitrogens with one attached hydrogen (secondary N) is 2. The average molecular weight is 899 g/mol. The Hall–Kier alpha value is -7.16. The number of imide groups is 1. The molecule has 18 heteroatoms. The van der Waals surface area contributed by atoms with Crippen LogP contribution in [0.25, 0.3) is 16.8 Å². The predicted molar refractivity (Wildman–Crippen MR) is 233 cm³/mol. The van der Waals surface area contributed by atoms with Gasteiger partial charge in [0.15, 0.2) is 30.8 Å². The van der Waals surface area contributed by atoms with Crippen molar-refractivity contribution in [3.05, 3.63) is 82.7 Å². The van der Waals surface area contributed by atoms with E-state index in [4.69, 9.17) is 24.4 Å². The molecule has 2 aliphatic heterocycles. The molecule has 1 fully saturated rings. The van der Waals surface area contributed by atoms with Crippen LogP contribution in [-0.2, 0) is 35.2 Å². The van der Waals surface area contributed by atoms with E-state index in [0.29, 0.717) is 10.5 Å². The van der Waals surface area contributed by atoms with Gasteiger partial charge in [-0.15, -0.1) is 0 Å².